The number of benzene rings is 1. The Balaban J connectivity index is 2.50. The largest absolute Gasteiger partial charge is 0.383 e. The fourth-order valence-electron chi connectivity index (χ4n) is 1.42. The molecule has 4 heteroatoms. The molecule has 0 heterocycles. The summed E-state index contributed by atoms with van der Waals surface area (Å²) in [6, 6.07) is 3.99. The van der Waals surface area contributed by atoms with Crippen LogP contribution in [0.4, 0.5) is 5.69 Å². The lowest BCUT2D eigenvalue weighted by Gasteiger charge is -2.21. The summed E-state index contributed by atoms with van der Waals surface area (Å²) in [4.78, 5) is 0. The van der Waals surface area contributed by atoms with E-state index in [0.717, 1.165) is 33.8 Å². The molecule has 0 saturated heterocycles. The molecule has 0 unspecified atom stereocenters. The van der Waals surface area contributed by atoms with Crippen LogP contribution in [0, 0.1) is 6.92 Å². The minimum atomic E-state index is 0.157. The molecular weight excluding hydrogens is 300 g/mol. The Bertz CT molecular complexity index is 386. The second kappa shape index (κ2) is 6.07. The number of hydrogen-bond donors (Lipinski definition) is 2. The van der Waals surface area contributed by atoms with Gasteiger partial charge in [-0.1, -0.05) is 11.6 Å². The van der Waals surface area contributed by atoms with E-state index in [2.05, 4.69) is 47.3 Å². The molecular formula is C13H20BrClN2. The molecule has 0 aromatic heterocycles. The monoisotopic (exact) mass is 318 g/mol. The highest BCUT2D eigenvalue weighted by Crippen LogP contribution is 2.28. The molecule has 0 fully saturated rings. The number of nitrogens with one attached hydrogen (secondary N) is 2. The van der Waals surface area contributed by atoms with Crippen LogP contribution in [0.3, 0.4) is 0 Å². The van der Waals surface area contributed by atoms with Gasteiger partial charge < -0.3 is 10.6 Å². The molecule has 0 aliphatic rings. The number of hydrogen-bond acceptors (Lipinski definition) is 2. The molecule has 0 spiro atoms. The van der Waals surface area contributed by atoms with Crippen LogP contribution in [0.1, 0.15) is 26.3 Å². The van der Waals surface area contributed by atoms with Crippen LogP contribution in [0.15, 0.2) is 16.6 Å². The Morgan fingerprint density at radius 1 is 1.24 bits per heavy atom. The molecule has 2 N–H and O–H groups in total. The minimum absolute atomic E-state index is 0.157. The van der Waals surface area contributed by atoms with Crippen molar-refractivity contribution >= 4 is 33.2 Å². The van der Waals surface area contributed by atoms with Gasteiger partial charge in [0.2, 0.25) is 0 Å². The van der Waals surface area contributed by atoms with Crippen LogP contribution < -0.4 is 10.6 Å². The van der Waals surface area contributed by atoms with Gasteiger partial charge in [-0.25, -0.2) is 0 Å². The van der Waals surface area contributed by atoms with Crippen molar-refractivity contribution < 1.29 is 0 Å². The average molecular weight is 320 g/mol. The Kier molecular flexibility index (Phi) is 5.29. The van der Waals surface area contributed by atoms with Crippen molar-refractivity contribution in [1.82, 2.24) is 5.32 Å². The summed E-state index contributed by atoms with van der Waals surface area (Å²) in [5.74, 6) is 0. The average Bonchev–Trinajstić information content (AvgIpc) is 2.18. The Morgan fingerprint density at radius 3 is 2.47 bits per heavy atom. The minimum Gasteiger partial charge on any atom is -0.383 e. The van der Waals surface area contributed by atoms with Crippen molar-refractivity contribution in [3.8, 4) is 0 Å². The van der Waals surface area contributed by atoms with Crippen LogP contribution in [-0.2, 0) is 0 Å². The summed E-state index contributed by atoms with van der Waals surface area (Å²) < 4.78 is 1.05. The Morgan fingerprint density at radius 2 is 1.88 bits per heavy atom. The maximum Gasteiger partial charge on any atom is 0.0500 e. The summed E-state index contributed by atoms with van der Waals surface area (Å²) in [7, 11) is 0. The van der Waals surface area contributed by atoms with E-state index in [1.165, 1.54) is 0 Å². The second-order valence-electron chi connectivity index (χ2n) is 5.18. The first-order valence-corrected chi connectivity index (χ1v) is 6.91. The summed E-state index contributed by atoms with van der Waals surface area (Å²) >= 11 is 9.63. The van der Waals surface area contributed by atoms with Crippen molar-refractivity contribution in [2.24, 2.45) is 0 Å². The van der Waals surface area contributed by atoms with E-state index in [4.69, 9.17) is 11.6 Å². The predicted molar refractivity (Wildman–Crippen MR) is 80.1 cm³/mol. The van der Waals surface area contributed by atoms with Gasteiger partial charge in [0.1, 0.15) is 0 Å². The van der Waals surface area contributed by atoms with E-state index in [0.29, 0.717) is 0 Å². The molecule has 2 nitrogen and oxygen atoms in total. The number of aryl methyl sites for hydroxylation is 1. The zero-order chi connectivity index (χ0) is 13.1. The molecule has 0 radical (unpaired) electrons. The zero-order valence-corrected chi connectivity index (χ0v) is 13.2. The van der Waals surface area contributed by atoms with Crippen molar-refractivity contribution in [2.45, 2.75) is 33.2 Å². The third-order valence-electron chi connectivity index (χ3n) is 2.34. The van der Waals surface area contributed by atoms with E-state index >= 15 is 0 Å². The summed E-state index contributed by atoms with van der Waals surface area (Å²) in [5, 5.41) is 7.58. The van der Waals surface area contributed by atoms with E-state index in [-0.39, 0.29) is 5.54 Å². The first-order chi connectivity index (χ1) is 7.79. The number of anilines is 1. The predicted octanol–water partition coefficient (Wildman–Crippen LogP) is 4.21. The molecule has 1 aromatic carbocycles. The topological polar surface area (TPSA) is 24.1 Å². The molecule has 0 bridgehead atoms. The van der Waals surface area contributed by atoms with E-state index in [1.54, 1.807) is 0 Å². The molecule has 17 heavy (non-hydrogen) atoms. The highest BCUT2D eigenvalue weighted by atomic mass is 79.9. The van der Waals surface area contributed by atoms with Crippen LogP contribution >= 0.6 is 27.5 Å². The van der Waals surface area contributed by atoms with Gasteiger partial charge in [0, 0.05) is 33.8 Å². The van der Waals surface area contributed by atoms with Gasteiger partial charge in [0.25, 0.3) is 0 Å². The first-order valence-electron chi connectivity index (χ1n) is 5.74. The van der Waals surface area contributed by atoms with Crippen LogP contribution in [-0.4, -0.2) is 18.6 Å². The lowest BCUT2D eigenvalue weighted by Crippen LogP contribution is -2.38. The fourth-order valence-corrected chi connectivity index (χ4v) is 2.18. The number of rotatable bonds is 4. The van der Waals surface area contributed by atoms with Crippen LogP contribution in [0.5, 0.6) is 0 Å². The lowest BCUT2D eigenvalue weighted by molar-refractivity contribution is 0.435. The van der Waals surface area contributed by atoms with Crippen molar-refractivity contribution in [1.29, 1.82) is 0 Å². The summed E-state index contributed by atoms with van der Waals surface area (Å²) in [5.41, 5.74) is 2.28. The molecule has 0 amide bonds. The van der Waals surface area contributed by atoms with Crippen LogP contribution in [0.2, 0.25) is 5.02 Å². The molecule has 0 atom stereocenters. The molecule has 0 aliphatic carbocycles. The molecule has 0 saturated carbocycles. The van der Waals surface area contributed by atoms with Gasteiger partial charge in [-0.3, -0.25) is 0 Å². The van der Waals surface area contributed by atoms with Gasteiger partial charge in [-0.15, -0.1) is 0 Å². The highest BCUT2D eigenvalue weighted by Gasteiger charge is 2.08. The van der Waals surface area contributed by atoms with E-state index in [9.17, 15) is 0 Å². The smallest absolute Gasteiger partial charge is 0.0500 e. The van der Waals surface area contributed by atoms with Crippen molar-refractivity contribution in [3.05, 3.63) is 27.2 Å². The van der Waals surface area contributed by atoms with Gasteiger partial charge >= 0.3 is 0 Å². The second-order valence-corrected chi connectivity index (χ2v) is 6.45. The standard InChI is InChI=1S/C13H20BrClN2/c1-9-7-10(14)12(8-11(9)15)16-5-6-17-13(2,3)4/h7-8,16-17H,5-6H2,1-4H3. The molecule has 0 aliphatic heterocycles. The third kappa shape index (κ3) is 5.28. The normalized spacial score (nSPS) is 11.6. The summed E-state index contributed by atoms with van der Waals surface area (Å²) in [6.07, 6.45) is 0. The van der Waals surface area contributed by atoms with Crippen LogP contribution in [0.25, 0.3) is 0 Å². The van der Waals surface area contributed by atoms with E-state index < -0.39 is 0 Å². The van der Waals surface area contributed by atoms with Gasteiger partial charge in [-0.05, 0) is 61.3 Å². The Labute approximate surface area is 117 Å². The maximum absolute atomic E-state index is 6.09. The quantitative estimate of drug-likeness (QED) is 0.812. The van der Waals surface area contributed by atoms with Gasteiger partial charge in [0.15, 0.2) is 0 Å². The molecule has 1 rings (SSSR count). The third-order valence-corrected chi connectivity index (χ3v) is 3.41. The first kappa shape index (κ1) is 14.8. The Hall–Kier alpha value is -0.250. The van der Waals surface area contributed by atoms with Gasteiger partial charge in [-0.2, -0.15) is 0 Å². The number of halogens is 2. The SMILES string of the molecule is Cc1cc(Br)c(NCCNC(C)(C)C)cc1Cl. The van der Waals surface area contributed by atoms with E-state index in [1.807, 2.05) is 19.1 Å². The lowest BCUT2D eigenvalue weighted by atomic mass is 10.1. The van der Waals surface area contributed by atoms with Crippen molar-refractivity contribution in [2.75, 3.05) is 18.4 Å². The highest BCUT2D eigenvalue weighted by molar-refractivity contribution is 9.10. The fraction of sp³-hybridized carbons (Fsp3) is 0.538. The van der Waals surface area contributed by atoms with Gasteiger partial charge in [0.05, 0.1) is 0 Å². The molecule has 96 valence electrons. The zero-order valence-electron chi connectivity index (χ0n) is 10.8. The van der Waals surface area contributed by atoms with Crippen molar-refractivity contribution in [3.63, 3.8) is 0 Å². The molecule has 1 aromatic rings. The summed E-state index contributed by atoms with van der Waals surface area (Å²) in [6.45, 7) is 10.3. The maximum atomic E-state index is 6.09.